The smallest absolute Gasteiger partial charge is 0.107 e. The molecule has 1 rings (SSSR count). The van der Waals surface area contributed by atoms with Gasteiger partial charge in [-0.15, -0.1) is 0 Å². The standard InChI is InChI=1S/C6H13NO3/c8-3-4-1-5(9)2-6(10)7-4/h4-10H,1-3H2. The van der Waals surface area contributed by atoms with Crippen LogP contribution in [0.2, 0.25) is 0 Å². The average Bonchev–Trinajstić information content (AvgIpc) is 1.85. The quantitative estimate of drug-likeness (QED) is 0.361. The first-order chi connectivity index (χ1) is 4.72. The number of rotatable bonds is 1. The molecule has 4 N–H and O–H groups in total. The molecule has 0 spiro atoms. The van der Waals surface area contributed by atoms with Gasteiger partial charge in [-0.2, -0.15) is 0 Å². The Bertz CT molecular complexity index is 99.2. The van der Waals surface area contributed by atoms with E-state index in [0.717, 1.165) is 0 Å². The van der Waals surface area contributed by atoms with Crippen molar-refractivity contribution in [2.45, 2.75) is 31.2 Å². The van der Waals surface area contributed by atoms with Crippen molar-refractivity contribution in [2.75, 3.05) is 6.61 Å². The fourth-order valence-electron chi connectivity index (χ4n) is 1.22. The first kappa shape index (κ1) is 7.94. The second-order valence-corrected chi connectivity index (χ2v) is 2.69. The molecule has 0 aromatic heterocycles. The number of hydrogen-bond donors (Lipinski definition) is 4. The zero-order valence-corrected chi connectivity index (χ0v) is 5.70. The summed E-state index contributed by atoms with van der Waals surface area (Å²) in [5.41, 5.74) is 0. The normalized spacial score (nSPS) is 41.7. The van der Waals surface area contributed by atoms with Crippen molar-refractivity contribution in [3.05, 3.63) is 0 Å². The second-order valence-electron chi connectivity index (χ2n) is 2.69. The second kappa shape index (κ2) is 3.30. The van der Waals surface area contributed by atoms with Gasteiger partial charge in [-0.3, -0.25) is 5.32 Å². The van der Waals surface area contributed by atoms with Crippen molar-refractivity contribution >= 4 is 0 Å². The van der Waals surface area contributed by atoms with Crippen LogP contribution in [0.5, 0.6) is 0 Å². The molecule has 0 radical (unpaired) electrons. The molecule has 60 valence electrons. The maximum absolute atomic E-state index is 9.07. The van der Waals surface area contributed by atoms with Gasteiger partial charge < -0.3 is 15.3 Å². The summed E-state index contributed by atoms with van der Waals surface area (Å²) < 4.78 is 0. The molecule has 1 heterocycles. The van der Waals surface area contributed by atoms with Crippen molar-refractivity contribution in [3.63, 3.8) is 0 Å². The molecule has 1 saturated heterocycles. The van der Waals surface area contributed by atoms with E-state index in [1.807, 2.05) is 0 Å². The highest BCUT2D eigenvalue weighted by Gasteiger charge is 2.24. The van der Waals surface area contributed by atoms with E-state index in [1.165, 1.54) is 0 Å². The molecule has 0 aromatic carbocycles. The monoisotopic (exact) mass is 147 g/mol. The Labute approximate surface area is 59.5 Å². The lowest BCUT2D eigenvalue weighted by Gasteiger charge is -2.29. The van der Waals surface area contributed by atoms with E-state index in [9.17, 15) is 0 Å². The fourth-order valence-corrected chi connectivity index (χ4v) is 1.22. The zero-order valence-electron chi connectivity index (χ0n) is 5.70. The fraction of sp³-hybridized carbons (Fsp3) is 1.00. The molecule has 1 aliphatic heterocycles. The zero-order chi connectivity index (χ0) is 7.56. The summed E-state index contributed by atoms with van der Waals surface area (Å²) in [6.45, 7) is -0.0336. The molecule has 1 fully saturated rings. The molecule has 10 heavy (non-hydrogen) atoms. The van der Waals surface area contributed by atoms with E-state index in [1.54, 1.807) is 0 Å². The van der Waals surface area contributed by atoms with Crippen LogP contribution in [0.15, 0.2) is 0 Å². The van der Waals surface area contributed by atoms with E-state index >= 15 is 0 Å². The van der Waals surface area contributed by atoms with Gasteiger partial charge in [-0.1, -0.05) is 0 Å². The van der Waals surface area contributed by atoms with Gasteiger partial charge in [0.15, 0.2) is 0 Å². The van der Waals surface area contributed by atoms with Crippen LogP contribution >= 0.6 is 0 Å². The van der Waals surface area contributed by atoms with Gasteiger partial charge in [-0.05, 0) is 6.42 Å². The van der Waals surface area contributed by atoms with E-state index in [4.69, 9.17) is 15.3 Å². The summed E-state index contributed by atoms with van der Waals surface area (Å²) in [7, 11) is 0. The Balaban J connectivity index is 2.35. The van der Waals surface area contributed by atoms with Crippen LogP contribution in [0.1, 0.15) is 12.8 Å². The van der Waals surface area contributed by atoms with Crippen LogP contribution in [0, 0.1) is 0 Å². The summed E-state index contributed by atoms with van der Waals surface area (Å²) in [6, 6.07) is -0.154. The summed E-state index contributed by atoms with van der Waals surface area (Å²) >= 11 is 0. The average molecular weight is 147 g/mol. The molecule has 4 nitrogen and oxygen atoms in total. The van der Waals surface area contributed by atoms with E-state index in [0.29, 0.717) is 12.8 Å². The predicted molar refractivity (Wildman–Crippen MR) is 35.3 cm³/mol. The number of hydrogen-bond acceptors (Lipinski definition) is 4. The third kappa shape index (κ3) is 1.91. The maximum atomic E-state index is 9.07. The van der Waals surface area contributed by atoms with Gasteiger partial charge in [0.05, 0.1) is 12.7 Å². The number of aliphatic hydroxyl groups excluding tert-OH is 3. The van der Waals surface area contributed by atoms with Gasteiger partial charge >= 0.3 is 0 Å². The van der Waals surface area contributed by atoms with E-state index in [-0.39, 0.29) is 12.6 Å². The van der Waals surface area contributed by atoms with Crippen LogP contribution < -0.4 is 5.32 Å². The lowest BCUT2D eigenvalue weighted by atomic mass is 10.0. The number of piperidine rings is 1. The molecule has 0 bridgehead atoms. The SMILES string of the molecule is OCC1CC(O)CC(O)N1. The Hall–Kier alpha value is -0.160. The Morgan fingerprint density at radius 2 is 2.00 bits per heavy atom. The molecule has 3 unspecified atom stereocenters. The Kier molecular flexibility index (Phi) is 2.62. The predicted octanol–water partition coefficient (Wildman–Crippen LogP) is -1.59. The third-order valence-electron chi connectivity index (χ3n) is 1.70. The topological polar surface area (TPSA) is 72.7 Å². The molecule has 4 heteroatoms. The van der Waals surface area contributed by atoms with Crippen molar-refractivity contribution in [1.82, 2.24) is 5.32 Å². The lowest BCUT2D eigenvalue weighted by Crippen LogP contribution is -2.48. The summed E-state index contributed by atoms with van der Waals surface area (Å²) in [5, 5.41) is 29.5. The van der Waals surface area contributed by atoms with E-state index < -0.39 is 12.3 Å². The molecule has 1 aliphatic rings. The molecule has 0 amide bonds. The minimum absolute atomic E-state index is 0.0336. The van der Waals surface area contributed by atoms with Crippen LogP contribution in [0.25, 0.3) is 0 Å². The first-order valence-electron chi connectivity index (χ1n) is 3.45. The van der Waals surface area contributed by atoms with Crippen LogP contribution in [0.4, 0.5) is 0 Å². The number of aliphatic hydroxyl groups is 3. The Morgan fingerprint density at radius 3 is 2.50 bits per heavy atom. The summed E-state index contributed by atoms with van der Waals surface area (Å²) in [4.78, 5) is 0. The maximum Gasteiger partial charge on any atom is 0.107 e. The van der Waals surface area contributed by atoms with Gasteiger partial charge in [0, 0.05) is 12.5 Å². The van der Waals surface area contributed by atoms with Crippen LogP contribution in [-0.4, -0.2) is 40.3 Å². The van der Waals surface area contributed by atoms with Crippen molar-refractivity contribution in [2.24, 2.45) is 0 Å². The molecular weight excluding hydrogens is 134 g/mol. The molecule has 3 atom stereocenters. The Morgan fingerprint density at radius 1 is 1.30 bits per heavy atom. The van der Waals surface area contributed by atoms with Crippen LogP contribution in [0.3, 0.4) is 0 Å². The molecular formula is C6H13NO3. The number of nitrogens with one attached hydrogen (secondary N) is 1. The highest BCUT2D eigenvalue weighted by molar-refractivity contribution is 4.79. The van der Waals surface area contributed by atoms with Gasteiger partial charge in [0.2, 0.25) is 0 Å². The van der Waals surface area contributed by atoms with Crippen molar-refractivity contribution < 1.29 is 15.3 Å². The summed E-state index contributed by atoms with van der Waals surface area (Å²) in [6.07, 6.45) is -0.265. The minimum Gasteiger partial charge on any atom is -0.395 e. The molecule has 0 aliphatic carbocycles. The molecule has 0 saturated carbocycles. The lowest BCUT2D eigenvalue weighted by molar-refractivity contribution is -0.00306. The van der Waals surface area contributed by atoms with Gasteiger partial charge in [0.25, 0.3) is 0 Å². The largest absolute Gasteiger partial charge is 0.395 e. The molecule has 0 aromatic rings. The highest BCUT2D eigenvalue weighted by atomic mass is 16.3. The third-order valence-corrected chi connectivity index (χ3v) is 1.70. The van der Waals surface area contributed by atoms with Crippen molar-refractivity contribution in [1.29, 1.82) is 0 Å². The van der Waals surface area contributed by atoms with Gasteiger partial charge in [0.1, 0.15) is 6.23 Å². The van der Waals surface area contributed by atoms with Crippen molar-refractivity contribution in [3.8, 4) is 0 Å². The van der Waals surface area contributed by atoms with E-state index in [2.05, 4.69) is 5.32 Å². The minimum atomic E-state index is -0.666. The van der Waals surface area contributed by atoms with Gasteiger partial charge in [-0.25, -0.2) is 0 Å². The van der Waals surface area contributed by atoms with Crippen LogP contribution in [-0.2, 0) is 0 Å². The highest BCUT2D eigenvalue weighted by Crippen LogP contribution is 2.11. The first-order valence-corrected chi connectivity index (χ1v) is 3.45. The summed E-state index contributed by atoms with van der Waals surface area (Å²) in [5.74, 6) is 0.